The summed E-state index contributed by atoms with van der Waals surface area (Å²) in [7, 11) is 0. The van der Waals surface area contributed by atoms with Gasteiger partial charge in [0.25, 0.3) is 0 Å². The van der Waals surface area contributed by atoms with E-state index >= 15 is 0 Å². The Morgan fingerprint density at radius 2 is 2.32 bits per heavy atom. The highest BCUT2D eigenvalue weighted by Crippen LogP contribution is 2.28. The molecule has 19 heavy (non-hydrogen) atoms. The zero-order valence-electron chi connectivity index (χ0n) is 10.9. The molecular formula is C15H16N2O2. The van der Waals surface area contributed by atoms with E-state index in [1.54, 1.807) is 24.0 Å². The largest absolute Gasteiger partial charge is 0.371 e. The Morgan fingerprint density at radius 1 is 1.47 bits per heavy atom. The molecule has 1 aromatic heterocycles. The van der Waals surface area contributed by atoms with Crippen molar-refractivity contribution in [2.24, 2.45) is 0 Å². The number of Topliss-reactive ketones (excluding diaryl/α,β-unsaturated/α-hetero) is 1. The number of hydrogen-bond donors (Lipinski definition) is 0. The van der Waals surface area contributed by atoms with Crippen molar-refractivity contribution < 1.29 is 9.53 Å². The first kappa shape index (κ1) is 12.1. The predicted octanol–water partition coefficient (Wildman–Crippen LogP) is 2.40. The van der Waals surface area contributed by atoms with E-state index < -0.39 is 0 Å². The van der Waals surface area contributed by atoms with Gasteiger partial charge < -0.3 is 4.74 Å². The molecule has 0 spiro atoms. The van der Waals surface area contributed by atoms with Crippen LogP contribution in [0.2, 0.25) is 0 Å². The molecular weight excluding hydrogens is 240 g/mol. The second kappa shape index (κ2) is 4.97. The molecule has 1 aliphatic heterocycles. The van der Waals surface area contributed by atoms with Crippen molar-refractivity contribution in [2.45, 2.75) is 26.0 Å². The summed E-state index contributed by atoms with van der Waals surface area (Å²) in [6.07, 6.45) is 4.37. The number of fused-ring (bicyclic) bond motifs is 1. The van der Waals surface area contributed by atoms with E-state index in [0.29, 0.717) is 12.1 Å². The molecule has 1 aliphatic rings. The number of ether oxygens (including phenoxy) is 1. The van der Waals surface area contributed by atoms with Crippen LogP contribution in [0.3, 0.4) is 0 Å². The molecule has 0 aliphatic carbocycles. The Kier molecular flexibility index (Phi) is 3.17. The number of carbonyl (C=O) groups excluding carboxylic acids is 1. The molecule has 0 saturated carbocycles. The first-order valence-corrected chi connectivity index (χ1v) is 6.47. The Balaban J connectivity index is 1.82. The van der Waals surface area contributed by atoms with Crippen molar-refractivity contribution in [2.75, 3.05) is 6.61 Å². The molecule has 98 valence electrons. The van der Waals surface area contributed by atoms with Crippen LogP contribution in [0.4, 0.5) is 0 Å². The van der Waals surface area contributed by atoms with Crippen molar-refractivity contribution in [1.29, 1.82) is 0 Å². The highest BCUT2D eigenvalue weighted by Gasteiger charge is 2.21. The van der Waals surface area contributed by atoms with Crippen LogP contribution >= 0.6 is 0 Å². The average Bonchev–Trinajstić information content (AvgIpc) is 2.88. The summed E-state index contributed by atoms with van der Waals surface area (Å²) in [5, 5.41) is 4.22. The van der Waals surface area contributed by atoms with E-state index in [1.165, 1.54) is 11.1 Å². The number of nitrogens with zero attached hydrogens (tertiary/aromatic N) is 2. The van der Waals surface area contributed by atoms with Crippen molar-refractivity contribution in [3.8, 4) is 0 Å². The number of ketones is 1. The number of benzene rings is 1. The number of hydrogen-bond acceptors (Lipinski definition) is 3. The highest BCUT2D eigenvalue weighted by atomic mass is 16.5. The SMILES string of the molecule is CC(=O)c1cnn(CC2OCCc3ccccc32)c1. The first-order valence-electron chi connectivity index (χ1n) is 6.47. The molecule has 0 N–H and O–H groups in total. The number of rotatable bonds is 3. The molecule has 1 unspecified atom stereocenters. The average molecular weight is 256 g/mol. The van der Waals surface area contributed by atoms with Gasteiger partial charge in [-0.2, -0.15) is 5.10 Å². The van der Waals surface area contributed by atoms with Gasteiger partial charge in [-0.05, 0) is 24.5 Å². The Hall–Kier alpha value is -1.94. The van der Waals surface area contributed by atoms with Gasteiger partial charge >= 0.3 is 0 Å². The third kappa shape index (κ3) is 2.44. The lowest BCUT2D eigenvalue weighted by Crippen LogP contribution is -2.20. The third-order valence-electron chi connectivity index (χ3n) is 3.49. The lowest BCUT2D eigenvalue weighted by molar-refractivity contribution is 0.0283. The summed E-state index contributed by atoms with van der Waals surface area (Å²) in [6.45, 7) is 2.93. The molecule has 4 heteroatoms. The monoisotopic (exact) mass is 256 g/mol. The van der Waals surface area contributed by atoms with Gasteiger partial charge in [-0.15, -0.1) is 0 Å². The fraction of sp³-hybridized carbons (Fsp3) is 0.333. The second-order valence-electron chi connectivity index (χ2n) is 4.82. The summed E-state index contributed by atoms with van der Waals surface area (Å²) in [6, 6.07) is 8.34. The summed E-state index contributed by atoms with van der Waals surface area (Å²) in [5.41, 5.74) is 3.22. The fourth-order valence-corrected chi connectivity index (χ4v) is 2.44. The molecule has 2 heterocycles. The maximum atomic E-state index is 11.3. The molecule has 0 bridgehead atoms. The van der Waals surface area contributed by atoms with E-state index in [9.17, 15) is 4.79 Å². The van der Waals surface area contributed by atoms with Gasteiger partial charge in [-0.25, -0.2) is 0 Å². The van der Waals surface area contributed by atoms with E-state index in [2.05, 4.69) is 23.3 Å². The molecule has 4 nitrogen and oxygen atoms in total. The minimum absolute atomic E-state index is 0.0182. The van der Waals surface area contributed by atoms with Crippen LogP contribution in [0.1, 0.15) is 34.5 Å². The van der Waals surface area contributed by atoms with Crippen LogP contribution in [-0.2, 0) is 17.7 Å². The minimum atomic E-state index is 0.0182. The molecule has 1 atom stereocenters. The summed E-state index contributed by atoms with van der Waals surface area (Å²) < 4.78 is 7.61. The molecule has 3 rings (SSSR count). The molecule has 0 radical (unpaired) electrons. The zero-order chi connectivity index (χ0) is 13.2. The van der Waals surface area contributed by atoms with Crippen LogP contribution in [0.15, 0.2) is 36.7 Å². The van der Waals surface area contributed by atoms with Gasteiger partial charge in [-0.1, -0.05) is 24.3 Å². The van der Waals surface area contributed by atoms with Gasteiger partial charge in [0.1, 0.15) is 6.10 Å². The van der Waals surface area contributed by atoms with E-state index in [-0.39, 0.29) is 11.9 Å². The maximum Gasteiger partial charge on any atom is 0.162 e. The normalized spacial score (nSPS) is 18.1. The predicted molar refractivity (Wildman–Crippen MR) is 71.1 cm³/mol. The number of aromatic nitrogens is 2. The molecule has 1 aromatic carbocycles. The topological polar surface area (TPSA) is 44.1 Å². The van der Waals surface area contributed by atoms with Gasteiger partial charge in [-0.3, -0.25) is 9.48 Å². The highest BCUT2D eigenvalue weighted by molar-refractivity contribution is 5.93. The quantitative estimate of drug-likeness (QED) is 0.792. The van der Waals surface area contributed by atoms with Gasteiger partial charge in [0, 0.05) is 6.20 Å². The van der Waals surface area contributed by atoms with Gasteiger partial charge in [0.05, 0.1) is 24.9 Å². The van der Waals surface area contributed by atoms with Crippen LogP contribution < -0.4 is 0 Å². The summed E-state index contributed by atoms with van der Waals surface area (Å²) in [5.74, 6) is 0.0382. The summed E-state index contributed by atoms with van der Waals surface area (Å²) in [4.78, 5) is 11.3. The van der Waals surface area contributed by atoms with E-state index in [1.807, 2.05) is 6.07 Å². The maximum absolute atomic E-state index is 11.3. The summed E-state index contributed by atoms with van der Waals surface area (Å²) >= 11 is 0. The first-order chi connectivity index (χ1) is 9.24. The van der Waals surface area contributed by atoms with Crippen molar-refractivity contribution in [3.63, 3.8) is 0 Å². The Bertz CT molecular complexity index is 604. The van der Waals surface area contributed by atoms with Crippen molar-refractivity contribution in [3.05, 3.63) is 53.3 Å². The van der Waals surface area contributed by atoms with E-state index in [0.717, 1.165) is 13.0 Å². The van der Waals surface area contributed by atoms with E-state index in [4.69, 9.17) is 4.74 Å². The van der Waals surface area contributed by atoms with Crippen LogP contribution in [0.5, 0.6) is 0 Å². The Labute approximate surface area is 112 Å². The minimum Gasteiger partial charge on any atom is -0.371 e. The molecule has 0 amide bonds. The molecule has 0 fully saturated rings. The fourth-order valence-electron chi connectivity index (χ4n) is 2.44. The molecule has 0 saturated heterocycles. The lowest BCUT2D eigenvalue weighted by atomic mass is 9.98. The van der Waals surface area contributed by atoms with Crippen molar-refractivity contribution >= 4 is 5.78 Å². The zero-order valence-corrected chi connectivity index (χ0v) is 10.9. The van der Waals surface area contributed by atoms with Gasteiger partial charge in [0.2, 0.25) is 0 Å². The van der Waals surface area contributed by atoms with Crippen LogP contribution in [0, 0.1) is 0 Å². The third-order valence-corrected chi connectivity index (χ3v) is 3.49. The number of carbonyl (C=O) groups is 1. The second-order valence-corrected chi connectivity index (χ2v) is 4.82. The Morgan fingerprint density at radius 3 is 3.11 bits per heavy atom. The van der Waals surface area contributed by atoms with Crippen LogP contribution in [0.25, 0.3) is 0 Å². The standard InChI is InChI=1S/C15H16N2O2/c1-11(18)13-8-16-17(9-13)10-15-14-5-3-2-4-12(14)6-7-19-15/h2-5,8-9,15H,6-7,10H2,1H3. The van der Waals surface area contributed by atoms with Crippen LogP contribution in [-0.4, -0.2) is 22.2 Å². The lowest BCUT2D eigenvalue weighted by Gasteiger charge is -2.25. The molecule has 2 aromatic rings. The smallest absolute Gasteiger partial charge is 0.162 e. The van der Waals surface area contributed by atoms with Gasteiger partial charge in [0.15, 0.2) is 5.78 Å². The van der Waals surface area contributed by atoms with Crippen molar-refractivity contribution in [1.82, 2.24) is 9.78 Å².